The van der Waals surface area contributed by atoms with Gasteiger partial charge in [0, 0.05) is 40.0 Å². The van der Waals surface area contributed by atoms with Crippen LogP contribution in [0.3, 0.4) is 0 Å². The van der Waals surface area contributed by atoms with Gasteiger partial charge in [-0.2, -0.15) is 0 Å². The summed E-state index contributed by atoms with van der Waals surface area (Å²) in [5.74, 6) is -2.28. The second-order valence-corrected chi connectivity index (χ2v) is 10.3. The van der Waals surface area contributed by atoms with E-state index in [1.165, 1.54) is 20.8 Å². The molecule has 0 aromatic rings. The lowest BCUT2D eigenvalue weighted by molar-refractivity contribution is -0.163. The maximum absolute atomic E-state index is 12.4. The van der Waals surface area contributed by atoms with E-state index in [1.807, 2.05) is 6.92 Å². The van der Waals surface area contributed by atoms with Gasteiger partial charge in [-0.15, -0.1) is 0 Å². The van der Waals surface area contributed by atoms with Crippen molar-refractivity contribution in [3.63, 3.8) is 0 Å². The largest absolute Gasteiger partial charge is 0.466 e. The van der Waals surface area contributed by atoms with Gasteiger partial charge in [-0.25, -0.2) is 0 Å². The summed E-state index contributed by atoms with van der Waals surface area (Å²) in [5.41, 5.74) is -0.902. The summed E-state index contributed by atoms with van der Waals surface area (Å²) in [5, 5.41) is 0. The highest BCUT2D eigenvalue weighted by Crippen LogP contribution is 2.25. The van der Waals surface area contributed by atoms with E-state index in [1.54, 1.807) is 0 Å². The lowest BCUT2D eigenvalue weighted by Crippen LogP contribution is -2.39. The average molecular weight is 603 g/mol. The Hall–Kier alpha value is -3.18. The second kappa shape index (κ2) is 24.4. The van der Waals surface area contributed by atoms with Crippen molar-refractivity contribution >= 4 is 35.8 Å². The van der Waals surface area contributed by atoms with Gasteiger partial charge in [-0.05, 0) is 64.2 Å². The van der Waals surface area contributed by atoms with Crippen LogP contribution >= 0.6 is 0 Å². The first-order valence-corrected chi connectivity index (χ1v) is 14.9. The molecule has 0 saturated carbocycles. The van der Waals surface area contributed by atoms with Crippen LogP contribution in [0.25, 0.3) is 0 Å². The number of hydrogen-bond donors (Lipinski definition) is 0. The van der Waals surface area contributed by atoms with E-state index in [0.717, 1.165) is 0 Å². The quantitative estimate of drug-likeness (QED) is 0.0826. The Balaban J connectivity index is 4.78. The highest BCUT2D eigenvalue weighted by atomic mass is 16.6. The number of hydrogen-bond acceptors (Lipinski definition) is 12. The Kier molecular flexibility index (Phi) is 22.6. The summed E-state index contributed by atoms with van der Waals surface area (Å²) in [6.45, 7) is 6.53. The Bertz CT molecular complexity index is 720. The topological polar surface area (TPSA) is 158 Å². The van der Waals surface area contributed by atoms with Gasteiger partial charge in [0.05, 0.1) is 25.2 Å². The zero-order valence-corrected chi connectivity index (χ0v) is 25.8. The molecule has 12 heteroatoms. The van der Waals surface area contributed by atoms with Crippen LogP contribution in [0.5, 0.6) is 0 Å². The molecule has 0 fully saturated rings. The van der Waals surface area contributed by atoms with E-state index in [9.17, 15) is 28.8 Å². The first kappa shape index (κ1) is 38.8. The predicted octanol–water partition coefficient (Wildman–Crippen LogP) is 4.38. The molecule has 0 spiro atoms. The van der Waals surface area contributed by atoms with E-state index >= 15 is 0 Å². The molecule has 42 heavy (non-hydrogen) atoms. The molecule has 0 aliphatic carbocycles. The molecule has 0 rings (SSSR count). The van der Waals surface area contributed by atoms with Crippen molar-refractivity contribution in [1.29, 1.82) is 0 Å². The van der Waals surface area contributed by atoms with Gasteiger partial charge in [-0.1, -0.05) is 6.92 Å². The van der Waals surface area contributed by atoms with E-state index < -0.39 is 23.3 Å². The fraction of sp³-hybridized carbons (Fsp3) is 0.800. The summed E-state index contributed by atoms with van der Waals surface area (Å²) in [6, 6.07) is 0. The molecule has 0 aromatic carbocycles. The molecule has 242 valence electrons. The fourth-order valence-corrected chi connectivity index (χ4v) is 3.64. The minimum atomic E-state index is -0.902. The number of unbranched alkanes of at least 4 members (excludes halogenated alkanes) is 6. The van der Waals surface area contributed by atoms with Crippen molar-refractivity contribution in [3.8, 4) is 0 Å². The third-order valence-electron chi connectivity index (χ3n) is 6.36. The molecule has 0 unspecified atom stereocenters. The second-order valence-electron chi connectivity index (χ2n) is 10.3. The lowest BCUT2D eigenvalue weighted by Gasteiger charge is -2.31. The zero-order chi connectivity index (χ0) is 31.6. The molecular weight excluding hydrogens is 552 g/mol. The Morgan fingerprint density at radius 1 is 0.429 bits per heavy atom. The number of carbonyl (C=O) groups excluding carboxylic acids is 6. The van der Waals surface area contributed by atoms with E-state index in [0.29, 0.717) is 84.0 Å². The summed E-state index contributed by atoms with van der Waals surface area (Å²) < 4.78 is 31.1. The van der Waals surface area contributed by atoms with Gasteiger partial charge in [-0.3, -0.25) is 28.8 Å². The Morgan fingerprint density at radius 3 is 0.952 bits per heavy atom. The van der Waals surface area contributed by atoms with Crippen LogP contribution in [-0.2, 0) is 57.2 Å². The van der Waals surface area contributed by atoms with Gasteiger partial charge in [0.25, 0.3) is 0 Å². The van der Waals surface area contributed by atoms with Crippen LogP contribution in [0, 0.1) is 5.41 Å². The Morgan fingerprint density at radius 2 is 0.714 bits per heavy atom. The third-order valence-corrected chi connectivity index (χ3v) is 6.36. The summed E-state index contributed by atoms with van der Waals surface area (Å²) >= 11 is 0. The standard InChI is InChI=1S/C30H50O12/c1-5-30(21-40-27(34)15-9-6-12-18-37-24(2)31,22-41-28(35)16-10-7-13-19-38-25(3)32)23-42-29(36)17-11-8-14-20-39-26(4)33/h5-23H2,1-4H3. The van der Waals surface area contributed by atoms with Crippen molar-refractivity contribution in [3.05, 3.63) is 0 Å². The van der Waals surface area contributed by atoms with Crippen LogP contribution in [-0.4, -0.2) is 75.5 Å². The molecule has 0 radical (unpaired) electrons. The van der Waals surface area contributed by atoms with Gasteiger partial charge < -0.3 is 28.4 Å². The molecule has 0 aliphatic heterocycles. The Labute approximate surface area is 249 Å². The highest BCUT2D eigenvalue weighted by molar-refractivity contribution is 5.70. The first-order chi connectivity index (χ1) is 20.0. The molecule has 12 nitrogen and oxygen atoms in total. The highest BCUT2D eigenvalue weighted by Gasteiger charge is 2.34. The van der Waals surface area contributed by atoms with Crippen LogP contribution in [0.4, 0.5) is 0 Å². The number of esters is 6. The molecule has 0 amide bonds. The van der Waals surface area contributed by atoms with Crippen molar-refractivity contribution in [2.45, 2.75) is 111 Å². The molecule has 0 heterocycles. The summed E-state index contributed by atoms with van der Waals surface area (Å²) in [6.07, 6.45) is 6.68. The maximum Gasteiger partial charge on any atom is 0.305 e. The van der Waals surface area contributed by atoms with Gasteiger partial charge in [0.2, 0.25) is 0 Å². The monoisotopic (exact) mass is 602 g/mol. The predicted molar refractivity (Wildman–Crippen MR) is 151 cm³/mol. The minimum Gasteiger partial charge on any atom is -0.466 e. The number of rotatable bonds is 25. The number of ether oxygens (including phenoxy) is 6. The van der Waals surface area contributed by atoms with Gasteiger partial charge >= 0.3 is 35.8 Å². The molecule has 0 saturated heterocycles. The third kappa shape index (κ3) is 23.5. The summed E-state index contributed by atoms with van der Waals surface area (Å²) in [4.78, 5) is 69.6. The molecular formula is C30H50O12. The van der Waals surface area contributed by atoms with Crippen molar-refractivity contribution in [2.75, 3.05) is 39.6 Å². The van der Waals surface area contributed by atoms with E-state index in [4.69, 9.17) is 28.4 Å². The maximum atomic E-state index is 12.4. The fourth-order valence-electron chi connectivity index (χ4n) is 3.64. The smallest absolute Gasteiger partial charge is 0.305 e. The van der Waals surface area contributed by atoms with Gasteiger partial charge in [0.1, 0.15) is 19.8 Å². The molecule has 0 atom stereocenters. The lowest BCUT2D eigenvalue weighted by atomic mass is 9.88. The van der Waals surface area contributed by atoms with Crippen LogP contribution in [0.15, 0.2) is 0 Å². The van der Waals surface area contributed by atoms with Crippen LogP contribution < -0.4 is 0 Å². The van der Waals surface area contributed by atoms with E-state index in [-0.39, 0.29) is 57.0 Å². The van der Waals surface area contributed by atoms with Gasteiger partial charge in [0.15, 0.2) is 0 Å². The molecule has 0 N–H and O–H groups in total. The van der Waals surface area contributed by atoms with Crippen molar-refractivity contribution in [2.24, 2.45) is 5.41 Å². The average Bonchev–Trinajstić information content (AvgIpc) is 2.93. The number of carbonyl (C=O) groups is 6. The normalized spacial score (nSPS) is 10.9. The molecule has 0 aliphatic rings. The summed E-state index contributed by atoms with van der Waals surface area (Å²) in [7, 11) is 0. The molecule has 0 aromatic heterocycles. The zero-order valence-electron chi connectivity index (χ0n) is 25.8. The van der Waals surface area contributed by atoms with E-state index in [2.05, 4.69) is 0 Å². The SMILES string of the molecule is CCC(COC(=O)CCCCCOC(C)=O)(COC(=O)CCCCCOC(C)=O)COC(=O)CCCCCOC(C)=O. The van der Waals surface area contributed by atoms with Crippen LogP contribution in [0.1, 0.15) is 111 Å². The van der Waals surface area contributed by atoms with Crippen LogP contribution in [0.2, 0.25) is 0 Å². The van der Waals surface area contributed by atoms with Crippen molar-refractivity contribution in [1.82, 2.24) is 0 Å². The minimum absolute atomic E-state index is 0.0822. The first-order valence-electron chi connectivity index (χ1n) is 14.9. The molecule has 0 bridgehead atoms. The van der Waals surface area contributed by atoms with Crippen molar-refractivity contribution < 1.29 is 57.2 Å².